The lowest BCUT2D eigenvalue weighted by Crippen LogP contribution is -2.46. The van der Waals surface area contributed by atoms with Crippen molar-refractivity contribution in [2.45, 2.75) is 25.7 Å². The second kappa shape index (κ2) is 9.64. The molecule has 1 saturated heterocycles. The second-order valence-corrected chi connectivity index (χ2v) is 8.14. The maximum Gasteiger partial charge on any atom is 0.319 e. The van der Waals surface area contributed by atoms with Crippen molar-refractivity contribution in [1.82, 2.24) is 25.1 Å². The van der Waals surface area contributed by atoms with Gasteiger partial charge in [-0.25, -0.2) is 9.78 Å². The zero-order valence-electron chi connectivity index (χ0n) is 16.4. The summed E-state index contributed by atoms with van der Waals surface area (Å²) in [6.07, 6.45) is 6.72. The van der Waals surface area contributed by atoms with Crippen molar-refractivity contribution in [2.24, 2.45) is 5.92 Å². The number of carbonyl (C=O) groups is 2. The molecule has 0 aromatic carbocycles. The average molecular weight is 402 g/mol. The van der Waals surface area contributed by atoms with Gasteiger partial charge in [-0.3, -0.25) is 9.78 Å². The number of hydrogen-bond donors (Lipinski definition) is 1. The molecule has 28 heavy (non-hydrogen) atoms. The van der Waals surface area contributed by atoms with Crippen LogP contribution in [-0.4, -0.2) is 65.4 Å². The van der Waals surface area contributed by atoms with Crippen LogP contribution in [0, 0.1) is 5.92 Å². The van der Waals surface area contributed by atoms with Gasteiger partial charge in [0.05, 0.1) is 10.7 Å². The van der Waals surface area contributed by atoms with Crippen LogP contribution in [0.1, 0.15) is 24.3 Å². The molecular weight excluding hydrogens is 374 g/mol. The molecule has 0 saturated carbocycles. The molecule has 7 nitrogen and oxygen atoms in total. The second-order valence-electron chi connectivity index (χ2n) is 7.20. The van der Waals surface area contributed by atoms with E-state index in [0.29, 0.717) is 19.6 Å². The van der Waals surface area contributed by atoms with Crippen LogP contribution in [0.15, 0.2) is 29.9 Å². The summed E-state index contributed by atoms with van der Waals surface area (Å²) in [6, 6.07) is 3.93. The van der Waals surface area contributed by atoms with E-state index in [1.807, 2.05) is 17.0 Å². The van der Waals surface area contributed by atoms with Crippen molar-refractivity contribution in [3.63, 3.8) is 0 Å². The summed E-state index contributed by atoms with van der Waals surface area (Å²) < 4.78 is 0. The van der Waals surface area contributed by atoms with Crippen LogP contribution in [0.2, 0.25) is 0 Å². The van der Waals surface area contributed by atoms with E-state index in [0.717, 1.165) is 41.9 Å². The number of pyridine rings is 1. The first kappa shape index (κ1) is 20.3. The first-order valence-electron chi connectivity index (χ1n) is 9.63. The third-order valence-corrected chi connectivity index (χ3v) is 5.82. The predicted octanol–water partition coefficient (Wildman–Crippen LogP) is 2.65. The van der Waals surface area contributed by atoms with Gasteiger partial charge in [0.1, 0.15) is 0 Å². The molecule has 150 valence electrons. The number of amides is 3. The molecule has 8 heteroatoms. The molecule has 1 N–H and O–H groups in total. The van der Waals surface area contributed by atoms with E-state index < -0.39 is 0 Å². The Hall–Kier alpha value is -2.48. The molecule has 0 bridgehead atoms. The summed E-state index contributed by atoms with van der Waals surface area (Å²) in [6.45, 7) is 1.94. The smallest absolute Gasteiger partial charge is 0.319 e. The molecule has 3 heterocycles. The van der Waals surface area contributed by atoms with Crippen LogP contribution in [0.25, 0.3) is 11.3 Å². The minimum Gasteiger partial charge on any atom is -0.356 e. The molecule has 0 radical (unpaired) electrons. The number of likely N-dealkylation sites (tertiary alicyclic amines) is 1. The number of aromatic nitrogens is 2. The molecule has 1 aliphatic heterocycles. The molecule has 0 spiro atoms. The fourth-order valence-corrected chi connectivity index (χ4v) is 4.14. The Balaban J connectivity index is 1.36. The number of thiazole rings is 1. The molecule has 2 aromatic rings. The molecule has 3 amide bonds. The zero-order chi connectivity index (χ0) is 19.9. The highest BCUT2D eigenvalue weighted by molar-refractivity contribution is 7.09. The van der Waals surface area contributed by atoms with E-state index in [9.17, 15) is 9.59 Å². The molecule has 3 rings (SSSR count). The Labute approximate surface area is 169 Å². The lowest BCUT2D eigenvalue weighted by Gasteiger charge is -2.33. The third kappa shape index (κ3) is 5.28. The number of urea groups is 1. The van der Waals surface area contributed by atoms with E-state index in [2.05, 4.69) is 20.7 Å². The summed E-state index contributed by atoms with van der Waals surface area (Å²) in [7, 11) is 3.51. The van der Waals surface area contributed by atoms with Crippen LogP contribution in [0.3, 0.4) is 0 Å². The lowest BCUT2D eigenvalue weighted by atomic mass is 9.96. The number of carbonyl (C=O) groups excluding carboxylic acids is 2. The monoisotopic (exact) mass is 401 g/mol. The summed E-state index contributed by atoms with van der Waals surface area (Å²) >= 11 is 1.65. The standard InChI is InChI=1S/C20H27N5O2S/c1-24(2)20(27)25-12-7-16(8-13-25)19(26)22-9-3-4-18-23-17(14-28-18)15-5-10-21-11-6-15/h5-6,10-11,14,16H,3-4,7-9,12-13H2,1-2H3,(H,22,26). The molecule has 0 aliphatic carbocycles. The molecule has 0 unspecified atom stereocenters. The van der Waals surface area contributed by atoms with Crippen LogP contribution >= 0.6 is 11.3 Å². The van der Waals surface area contributed by atoms with Gasteiger partial charge in [0.2, 0.25) is 5.91 Å². The minimum absolute atomic E-state index is 0.00404. The van der Waals surface area contributed by atoms with Crippen molar-refractivity contribution in [1.29, 1.82) is 0 Å². The predicted molar refractivity (Wildman–Crippen MR) is 110 cm³/mol. The summed E-state index contributed by atoms with van der Waals surface area (Å²) in [5.74, 6) is 0.109. The van der Waals surface area contributed by atoms with Crippen molar-refractivity contribution in [2.75, 3.05) is 33.7 Å². The first-order chi connectivity index (χ1) is 13.5. The van der Waals surface area contributed by atoms with E-state index >= 15 is 0 Å². The highest BCUT2D eigenvalue weighted by Crippen LogP contribution is 2.22. The van der Waals surface area contributed by atoms with Gasteiger partial charge < -0.3 is 15.1 Å². The Morgan fingerprint density at radius 3 is 2.64 bits per heavy atom. The van der Waals surface area contributed by atoms with Crippen molar-refractivity contribution in [3.8, 4) is 11.3 Å². The van der Waals surface area contributed by atoms with Gasteiger partial charge in [-0.05, 0) is 31.4 Å². The van der Waals surface area contributed by atoms with Crippen LogP contribution in [0.4, 0.5) is 4.79 Å². The number of piperidine rings is 1. The highest BCUT2D eigenvalue weighted by Gasteiger charge is 2.27. The van der Waals surface area contributed by atoms with Gasteiger partial charge in [-0.1, -0.05) is 0 Å². The number of aryl methyl sites for hydroxylation is 1. The molecule has 0 atom stereocenters. The number of hydrogen-bond acceptors (Lipinski definition) is 5. The quantitative estimate of drug-likeness (QED) is 0.755. The van der Waals surface area contributed by atoms with Gasteiger partial charge in [0, 0.05) is 69.4 Å². The van der Waals surface area contributed by atoms with Gasteiger partial charge in [-0.15, -0.1) is 11.3 Å². The molecule has 1 aliphatic rings. The number of nitrogens with zero attached hydrogens (tertiary/aromatic N) is 4. The largest absolute Gasteiger partial charge is 0.356 e. The van der Waals surface area contributed by atoms with Crippen LogP contribution in [-0.2, 0) is 11.2 Å². The third-order valence-electron chi connectivity index (χ3n) is 4.91. The van der Waals surface area contributed by atoms with Gasteiger partial charge in [0.15, 0.2) is 0 Å². The highest BCUT2D eigenvalue weighted by atomic mass is 32.1. The maximum atomic E-state index is 12.4. The van der Waals surface area contributed by atoms with E-state index in [1.165, 1.54) is 0 Å². The Kier molecular flexibility index (Phi) is 6.97. The molecule has 2 aromatic heterocycles. The molecular formula is C20H27N5O2S. The number of nitrogens with one attached hydrogen (secondary N) is 1. The average Bonchev–Trinajstić information content (AvgIpc) is 3.20. The molecule has 1 fully saturated rings. The normalized spacial score (nSPS) is 14.7. The topological polar surface area (TPSA) is 78.4 Å². The van der Waals surface area contributed by atoms with E-state index in [4.69, 9.17) is 0 Å². The Bertz CT molecular complexity index is 785. The van der Waals surface area contributed by atoms with Gasteiger partial charge in [0.25, 0.3) is 0 Å². The van der Waals surface area contributed by atoms with Gasteiger partial charge >= 0.3 is 6.03 Å². The van der Waals surface area contributed by atoms with Crippen molar-refractivity contribution < 1.29 is 9.59 Å². The van der Waals surface area contributed by atoms with E-state index in [-0.39, 0.29) is 17.9 Å². The summed E-state index contributed by atoms with van der Waals surface area (Å²) in [5.41, 5.74) is 2.05. The SMILES string of the molecule is CN(C)C(=O)N1CCC(C(=O)NCCCc2nc(-c3ccncc3)cs2)CC1. The van der Waals surface area contributed by atoms with E-state index in [1.54, 1.807) is 42.7 Å². The van der Waals surface area contributed by atoms with Crippen LogP contribution < -0.4 is 5.32 Å². The first-order valence-corrected chi connectivity index (χ1v) is 10.5. The summed E-state index contributed by atoms with van der Waals surface area (Å²) in [4.78, 5) is 36.4. The van der Waals surface area contributed by atoms with Gasteiger partial charge in [-0.2, -0.15) is 0 Å². The maximum absolute atomic E-state index is 12.4. The Morgan fingerprint density at radius 2 is 1.96 bits per heavy atom. The summed E-state index contributed by atoms with van der Waals surface area (Å²) in [5, 5.41) is 6.19. The number of rotatable bonds is 6. The van der Waals surface area contributed by atoms with Crippen LogP contribution in [0.5, 0.6) is 0 Å². The Morgan fingerprint density at radius 1 is 1.25 bits per heavy atom. The fourth-order valence-electron chi connectivity index (χ4n) is 3.29. The van der Waals surface area contributed by atoms with Crippen molar-refractivity contribution in [3.05, 3.63) is 34.9 Å². The van der Waals surface area contributed by atoms with Crippen molar-refractivity contribution >= 4 is 23.3 Å². The lowest BCUT2D eigenvalue weighted by molar-refractivity contribution is -0.126. The fraction of sp³-hybridized carbons (Fsp3) is 0.500. The zero-order valence-corrected chi connectivity index (χ0v) is 17.2. The minimum atomic E-state index is 0.00404.